The molecule has 142 valence electrons. The van der Waals surface area contributed by atoms with Gasteiger partial charge in [-0.25, -0.2) is 0 Å². The van der Waals surface area contributed by atoms with Crippen molar-refractivity contribution in [2.24, 2.45) is 0 Å². The van der Waals surface area contributed by atoms with Gasteiger partial charge in [0.2, 0.25) is 0 Å². The summed E-state index contributed by atoms with van der Waals surface area (Å²) in [6.45, 7) is 0.597. The van der Waals surface area contributed by atoms with Crippen molar-refractivity contribution in [1.82, 2.24) is 9.88 Å². The van der Waals surface area contributed by atoms with E-state index in [1.807, 2.05) is 12.1 Å². The summed E-state index contributed by atoms with van der Waals surface area (Å²) in [6.07, 6.45) is 4.24. The van der Waals surface area contributed by atoms with Gasteiger partial charge in [0, 0.05) is 47.8 Å². The second-order valence-electron chi connectivity index (χ2n) is 6.37. The van der Waals surface area contributed by atoms with Crippen molar-refractivity contribution < 1.29 is 9.59 Å². The summed E-state index contributed by atoms with van der Waals surface area (Å²) in [5.41, 5.74) is 2.75. The smallest absolute Gasteiger partial charge is 0.255 e. The maximum absolute atomic E-state index is 12.6. The van der Waals surface area contributed by atoms with Gasteiger partial charge in [-0.3, -0.25) is 14.6 Å². The zero-order valence-corrected chi connectivity index (χ0v) is 16.2. The maximum atomic E-state index is 12.6. The molecule has 0 atom stereocenters. The van der Waals surface area contributed by atoms with Gasteiger partial charge in [-0.2, -0.15) is 0 Å². The molecule has 0 fully saturated rings. The molecule has 0 aliphatic heterocycles. The van der Waals surface area contributed by atoms with Crippen LogP contribution in [-0.2, 0) is 6.42 Å². The number of likely N-dealkylation sites (N-methyl/N-ethyl adjacent to an activating group) is 1. The second-order valence-corrected chi connectivity index (χ2v) is 6.81. The topological polar surface area (TPSA) is 62.3 Å². The summed E-state index contributed by atoms with van der Waals surface area (Å²) >= 11 is 5.93. The summed E-state index contributed by atoms with van der Waals surface area (Å²) in [5.74, 6) is -0.344. The Kier molecular flexibility index (Phi) is 6.40. The molecule has 0 aliphatic rings. The molecule has 0 aliphatic carbocycles. The number of amides is 2. The first-order valence-corrected chi connectivity index (χ1v) is 9.22. The molecule has 0 saturated heterocycles. The molecule has 1 aromatic heterocycles. The lowest BCUT2D eigenvalue weighted by molar-refractivity contribution is 0.0796. The molecule has 1 heterocycles. The predicted octanol–water partition coefficient (Wildman–Crippen LogP) is 4.30. The Morgan fingerprint density at radius 1 is 1.00 bits per heavy atom. The van der Waals surface area contributed by atoms with Gasteiger partial charge < -0.3 is 10.2 Å². The van der Waals surface area contributed by atoms with Crippen molar-refractivity contribution in [1.29, 1.82) is 0 Å². The molecular weight excluding hydrogens is 374 g/mol. The van der Waals surface area contributed by atoms with Gasteiger partial charge in [0.1, 0.15) is 0 Å². The highest BCUT2D eigenvalue weighted by Gasteiger charge is 2.13. The van der Waals surface area contributed by atoms with E-state index < -0.39 is 0 Å². The van der Waals surface area contributed by atoms with Gasteiger partial charge in [0.05, 0.1) is 0 Å². The van der Waals surface area contributed by atoms with E-state index in [9.17, 15) is 9.59 Å². The van der Waals surface area contributed by atoms with Crippen LogP contribution in [0.4, 0.5) is 5.69 Å². The minimum atomic E-state index is -0.257. The lowest BCUT2D eigenvalue weighted by atomic mass is 10.1. The Morgan fingerprint density at radius 3 is 2.36 bits per heavy atom. The number of carbonyl (C=O) groups excluding carboxylic acids is 2. The van der Waals surface area contributed by atoms with E-state index in [0.29, 0.717) is 28.4 Å². The van der Waals surface area contributed by atoms with Crippen LogP contribution in [0.25, 0.3) is 0 Å². The number of halogens is 1. The normalized spacial score (nSPS) is 10.4. The lowest BCUT2D eigenvalue weighted by Crippen LogP contribution is -2.28. The molecule has 0 spiro atoms. The highest BCUT2D eigenvalue weighted by Crippen LogP contribution is 2.16. The number of benzene rings is 2. The molecule has 5 nitrogen and oxygen atoms in total. The van der Waals surface area contributed by atoms with Crippen LogP contribution in [0, 0.1) is 0 Å². The van der Waals surface area contributed by atoms with Crippen molar-refractivity contribution in [2.45, 2.75) is 6.42 Å². The van der Waals surface area contributed by atoms with Crippen LogP contribution in [0.1, 0.15) is 26.3 Å². The van der Waals surface area contributed by atoms with Crippen LogP contribution < -0.4 is 5.32 Å². The first kappa shape index (κ1) is 19.6. The minimum absolute atomic E-state index is 0.0872. The Bertz CT molecular complexity index is 959. The van der Waals surface area contributed by atoms with E-state index in [2.05, 4.69) is 10.3 Å². The van der Waals surface area contributed by atoms with Crippen LogP contribution >= 0.6 is 11.6 Å². The van der Waals surface area contributed by atoms with Crippen molar-refractivity contribution in [3.8, 4) is 0 Å². The van der Waals surface area contributed by atoms with Gasteiger partial charge in [-0.05, 0) is 66.6 Å². The average Bonchev–Trinajstić information content (AvgIpc) is 2.72. The van der Waals surface area contributed by atoms with Crippen molar-refractivity contribution in [2.75, 3.05) is 18.9 Å². The molecule has 0 saturated carbocycles. The molecule has 0 bridgehead atoms. The molecule has 3 aromatic rings. The number of pyridine rings is 1. The molecule has 28 heavy (non-hydrogen) atoms. The van der Waals surface area contributed by atoms with E-state index >= 15 is 0 Å². The van der Waals surface area contributed by atoms with E-state index in [1.165, 1.54) is 0 Å². The molecule has 1 N–H and O–H groups in total. The van der Waals surface area contributed by atoms with Crippen LogP contribution in [0.2, 0.25) is 5.02 Å². The van der Waals surface area contributed by atoms with E-state index in [-0.39, 0.29) is 11.8 Å². The summed E-state index contributed by atoms with van der Waals surface area (Å²) in [4.78, 5) is 30.6. The van der Waals surface area contributed by atoms with Gasteiger partial charge >= 0.3 is 0 Å². The number of rotatable bonds is 6. The van der Waals surface area contributed by atoms with Crippen molar-refractivity contribution in [3.05, 3.63) is 94.8 Å². The zero-order valence-electron chi connectivity index (χ0n) is 15.4. The fourth-order valence-electron chi connectivity index (χ4n) is 2.70. The summed E-state index contributed by atoms with van der Waals surface area (Å²) in [6, 6.07) is 17.4. The third-order valence-electron chi connectivity index (χ3n) is 4.31. The van der Waals surface area contributed by atoms with Crippen molar-refractivity contribution >= 4 is 29.1 Å². The fraction of sp³-hybridized carbons (Fsp3) is 0.136. The summed E-state index contributed by atoms with van der Waals surface area (Å²) in [7, 11) is 1.77. The van der Waals surface area contributed by atoms with Crippen LogP contribution in [0.5, 0.6) is 0 Å². The largest absolute Gasteiger partial charge is 0.341 e. The summed E-state index contributed by atoms with van der Waals surface area (Å²) in [5, 5.41) is 3.33. The molecule has 6 heteroatoms. The van der Waals surface area contributed by atoms with Crippen LogP contribution in [-0.4, -0.2) is 35.3 Å². The maximum Gasteiger partial charge on any atom is 0.255 e. The Hall–Kier alpha value is -3.18. The number of hydrogen-bond donors (Lipinski definition) is 1. The highest BCUT2D eigenvalue weighted by molar-refractivity contribution is 6.31. The van der Waals surface area contributed by atoms with E-state index in [0.717, 1.165) is 12.0 Å². The summed E-state index contributed by atoms with van der Waals surface area (Å²) < 4.78 is 0. The molecule has 3 rings (SSSR count). The van der Waals surface area contributed by atoms with E-state index in [1.54, 1.807) is 72.9 Å². The molecule has 2 amide bonds. The Morgan fingerprint density at radius 2 is 1.68 bits per heavy atom. The number of hydrogen-bond acceptors (Lipinski definition) is 3. The third kappa shape index (κ3) is 5.18. The van der Waals surface area contributed by atoms with E-state index in [4.69, 9.17) is 11.6 Å². The standard InChI is InChI=1S/C22H20ClN3O2/c1-26(14-11-16-9-12-24-13-10-16)22(28)18-7-5-17(6-8-18)21(27)25-20-4-2-3-19(23)15-20/h2-10,12-13,15H,11,14H2,1H3,(H,25,27). The highest BCUT2D eigenvalue weighted by atomic mass is 35.5. The molecule has 0 radical (unpaired) electrons. The fourth-order valence-corrected chi connectivity index (χ4v) is 2.89. The monoisotopic (exact) mass is 393 g/mol. The number of aromatic nitrogens is 1. The number of nitrogens with one attached hydrogen (secondary N) is 1. The SMILES string of the molecule is CN(CCc1ccncc1)C(=O)c1ccc(C(=O)Nc2cccc(Cl)c2)cc1. The quantitative estimate of drug-likeness (QED) is 0.679. The van der Waals surface area contributed by atoms with Gasteiger partial charge in [0.15, 0.2) is 0 Å². The lowest BCUT2D eigenvalue weighted by Gasteiger charge is -2.17. The molecule has 2 aromatic carbocycles. The zero-order chi connectivity index (χ0) is 19.9. The molecular formula is C22H20ClN3O2. The van der Waals surface area contributed by atoms with Crippen molar-refractivity contribution in [3.63, 3.8) is 0 Å². The molecule has 0 unspecified atom stereocenters. The number of carbonyl (C=O) groups is 2. The Labute approximate surface area is 169 Å². The second kappa shape index (κ2) is 9.15. The van der Waals surface area contributed by atoms with Gasteiger partial charge in [-0.15, -0.1) is 0 Å². The van der Waals surface area contributed by atoms with Crippen LogP contribution in [0.3, 0.4) is 0 Å². The average molecular weight is 394 g/mol. The predicted molar refractivity (Wildman–Crippen MR) is 111 cm³/mol. The first-order valence-electron chi connectivity index (χ1n) is 8.84. The van der Waals surface area contributed by atoms with Gasteiger partial charge in [0.25, 0.3) is 11.8 Å². The third-order valence-corrected chi connectivity index (χ3v) is 4.54. The first-order chi connectivity index (χ1) is 13.5. The number of anilines is 1. The van der Waals surface area contributed by atoms with Gasteiger partial charge in [-0.1, -0.05) is 17.7 Å². The minimum Gasteiger partial charge on any atom is -0.341 e. The van der Waals surface area contributed by atoms with Crippen LogP contribution in [0.15, 0.2) is 73.1 Å². The number of nitrogens with zero attached hydrogens (tertiary/aromatic N) is 2. The Balaban J connectivity index is 1.59.